The number of terminal acetylenes is 1. The number of carbonyl (C=O) groups is 1. The number of benzene rings is 2. The Balaban J connectivity index is 1.21. The Morgan fingerprint density at radius 1 is 1.08 bits per heavy atom. The van der Waals surface area contributed by atoms with Crippen molar-refractivity contribution >= 4 is 33.7 Å². The summed E-state index contributed by atoms with van der Waals surface area (Å²) in [5, 5.41) is 10.4. The minimum atomic E-state index is -0.905. The number of carbonyl (C=O) groups excluding carboxylic acids is 1. The summed E-state index contributed by atoms with van der Waals surface area (Å²) in [4.78, 5) is 29.2. The van der Waals surface area contributed by atoms with Crippen molar-refractivity contribution in [3.63, 3.8) is 0 Å². The van der Waals surface area contributed by atoms with Crippen molar-refractivity contribution < 1.29 is 32.5 Å². The molecule has 8 rings (SSSR count). The van der Waals surface area contributed by atoms with Crippen LogP contribution in [0.3, 0.4) is 0 Å². The van der Waals surface area contributed by atoms with E-state index in [-0.39, 0.29) is 43.2 Å². The van der Waals surface area contributed by atoms with E-state index in [2.05, 4.69) is 25.9 Å². The summed E-state index contributed by atoms with van der Waals surface area (Å²) in [5.41, 5.74) is 0.844. The first-order valence-electron chi connectivity index (χ1n) is 18.1. The minimum absolute atomic E-state index is 0.0000710. The van der Waals surface area contributed by atoms with Crippen molar-refractivity contribution in [1.29, 1.82) is 0 Å². The third kappa shape index (κ3) is 6.54. The molecule has 14 heteroatoms. The van der Waals surface area contributed by atoms with Gasteiger partial charge < -0.3 is 23.8 Å². The summed E-state index contributed by atoms with van der Waals surface area (Å²) < 4.78 is 52.8. The summed E-state index contributed by atoms with van der Waals surface area (Å²) in [6.07, 6.45) is 8.48. The Labute approximate surface area is 306 Å². The number of anilines is 1. The van der Waals surface area contributed by atoms with E-state index in [1.54, 1.807) is 24.3 Å². The molecule has 4 saturated heterocycles. The topological polar surface area (TPSA) is 115 Å². The zero-order valence-electron chi connectivity index (χ0n) is 30.4. The minimum Gasteiger partial charge on any atom is -0.468 e. The normalized spacial score (nSPS) is 24.1. The molecule has 0 N–H and O–H groups in total. The number of alkyl halides is 1. The first kappa shape index (κ1) is 35.2. The molecule has 278 valence electrons. The molecular weight excluding hydrogens is 684 g/mol. The lowest BCUT2D eigenvalue weighted by molar-refractivity contribution is 0.0122. The highest BCUT2D eigenvalue weighted by Gasteiger charge is 2.50. The highest BCUT2D eigenvalue weighted by atomic mass is 19.1. The maximum absolute atomic E-state index is 15.1. The van der Waals surface area contributed by atoms with Gasteiger partial charge in [-0.1, -0.05) is 12.0 Å². The fraction of sp³-hybridized carbons (Fsp3) is 0.513. The van der Waals surface area contributed by atoms with E-state index in [0.29, 0.717) is 70.7 Å². The molecule has 53 heavy (non-hydrogen) atoms. The summed E-state index contributed by atoms with van der Waals surface area (Å²) in [5.74, 6) is 2.96. The number of amides is 1. The fourth-order valence-electron chi connectivity index (χ4n) is 8.62. The number of piperazine rings is 1. The predicted octanol–water partition coefficient (Wildman–Crippen LogP) is 5.89. The van der Waals surface area contributed by atoms with E-state index in [1.165, 1.54) is 13.2 Å². The van der Waals surface area contributed by atoms with Crippen molar-refractivity contribution in [2.24, 2.45) is 0 Å². The molecule has 2 aromatic heterocycles. The number of ether oxygens (including phenoxy) is 4. The van der Waals surface area contributed by atoms with Gasteiger partial charge in [0.15, 0.2) is 18.1 Å². The maximum atomic E-state index is 15.1. The van der Waals surface area contributed by atoms with Gasteiger partial charge in [-0.25, -0.2) is 13.6 Å². The SMILES string of the molecule is C#Cc1c(F)ccc2cc(OCOC)cc(-c3cc4nc(OC[C@@]56CCCN5C[C@H](F)C6)nc(N5CC6CCC(C5)N6C(=O)OC(C)(C)C)c4nn3)c12. The summed E-state index contributed by atoms with van der Waals surface area (Å²) >= 11 is 0. The highest BCUT2D eigenvalue weighted by molar-refractivity contribution is 6.02. The number of hydrogen-bond donors (Lipinski definition) is 0. The number of halogens is 2. The van der Waals surface area contributed by atoms with Crippen molar-refractivity contribution in [2.75, 3.05) is 51.6 Å². The molecule has 0 saturated carbocycles. The lowest BCUT2D eigenvalue weighted by Crippen LogP contribution is -2.57. The van der Waals surface area contributed by atoms with E-state index in [4.69, 9.17) is 35.3 Å². The van der Waals surface area contributed by atoms with Gasteiger partial charge in [-0.2, -0.15) is 9.97 Å². The van der Waals surface area contributed by atoms with Crippen molar-refractivity contribution in [3.8, 4) is 35.4 Å². The number of nitrogens with zero attached hydrogens (tertiary/aromatic N) is 7. The third-order valence-electron chi connectivity index (χ3n) is 10.8. The molecule has 2 bridgehead atoms. The number of fused-ring (bicyclic) bond motifs is 5. The van der Waals surface area contributed by atoms with Crippen LogP contribution < -0.4 is 14.4 Å². The molecule has 2 aromatic carbocycles. The largest absolute Gasteiger partial charge is 0.468 e. The van der Waals surface area contributed by atoms with E-state index in [9.17, 15) is 9.18 Å². The molecule has 0 spiro atoms. The number of hydrogen-bond acceptors (Lipinski definition) is 11. The molecule has 4 fully saturated rings. The fourth-order valence-corrected chi connectivity index (χ4v) is 8.62. The molecule has 12 nitrogen and oxygen atoms in total. The zero-order valence-corrected chi connectivity index (χ0v) is 30.4. The van der Waals surface area contributed by atoms with Crippen LogP contribution in [0.4, 0.5) is 19.4 Å². The van der Waals surface area contributed by atoms with Crippen LogP contribution in [0.1, 0.15) is 58.4 Å². The Morgan fingerprint density at radius 2 is 1.87 bits per heavy atom. The first-order chi connectivity index (χ1) is 25.4. The Morgan fingerprint density at radius 3 is 2.60 bits per heavy atom. The van der Waals surface area contributed by atoms with E-state index in [1.807, 2.05) is 25.7 Å². The average molecular weight is 728 g/mol. The zero-order chi connectivity index (χ0) is 37.1. The van der Waals surface area contributed by atoms with Gasteiger partial charge in [-0.05, 0) is 82.7 Å². The second kappa shape index (κ2) is 13.5. The van der Waals surface area contributed by atoms with Gasteiger partial charge in [-0.15, -0.1) is 16.6 Å². The van der Waals surface area contributed by atoms with Crippen LogP contribution in [0.15, 0.2) is 30.3 Å². The molecule has 1 amide bonds. The van der Waals surface area contributed by atoms with Crippen LogP contribution in [0.2, 0.25) is 0 Å². The van der Waals surface area contributed by atoms with Gasteiger partial charge >= 0.3 is 12.1 Å². The average Bonchev–Trinajstić information content (AvgIpc) is 3.74. The molecule has 4 aliphatic rings. The lowest BCUT2D eigenvalue weighted by atomic mass is 9.95. The van der Waals surface area contributed by atoms with Crippen LogP contribution in [-0.4, -0.2) is 112 Å². The smallest absolute Gasteiger partial charge is 0.410 e. The summed E-state index contributed by atoms with van der Waals surface area (Å²) in [6.45, 7) is 8.07. The summed E-state index contributed by atoms with van der Waals surface area (Å²) in [6, 6.07) is 8.17. The van der Waals surface area contributed by atoms with Crippen LogP contribution in [-0.2, 0) is 9.47 Å². The van der Waals surface area contributed by atoms with Crippen LogP contribution in [0.25, 0.3) is 33.1 Å². The molecule has 4 atom stereocenters. The predicted molar refractivity (Wildman–Crippen MR) is 194 cm³/mol. The second-order valence-corrected chi connectivity index (χ2v) is 15.5. The quantitative estimate of drug-likeness (QED) is 0.160. The van der Waals surface area contributed by atoms with Gasteiger partial charge in [0.1, 0.15) is 35.5 Å². The van der Waals surface area contributed by atoms with E-state index >= 15 is 4.39 Å². The van der Waals surface area contributed by atoms with E-state index < -0.39 is 23.1 Å². The second-order valence-electron chi connectivity index (χ2n) is 15.5. The number of aromatic nitrogens is 4. The lowest BCUT2D eigenvalue weighted by Gasteiger charge is -2.41. The van der Waals surface area contributed by atoms with Gasteiger partial charge in [0, 0.05) is 44.1 Å². The van der Waals surface area contributed by atoms with Crippen molar-refractivity contribution in [2.45, 2.75) is 82.3 Å². The standard InChI is InChI=1S/C39H43F2N7O5/c1-6-28-30(41)11-8-23-14-27(52-22-50-5)15-29(33(23)28)31-16-32-34(45-44-31)35(43-36(42-32)51-21-39-12-7-13-47(39)18-24(40)17-39)46-19-25-9-10-26(20-46)48(25)37(49)53-38(2,3)4/h1,8,11,14-16,24-26H,7,9-10,12-13,17-22H2,2-5H3/t24-,25?,26?,39+/m1/s1. The summed E-state index contributed by atoms with van der Waals surface area (Å²) in [7, 11) is 1.52. The molecule has 4 aromatic rings. The molecule has 0 aliphatic carbocycles. The van der Waals surface area contributed by atoms with Crippen LogP contribution in [0, 0.1) is 18.2 Å². The van der Waals surface area contributed by atoms with Crippen LogP contribution in [0.5, 0.6) is 11.8 Å². The highest BCUT2D eigenvalue weighted by Crippen LogP contribution is 2.42. The maximum Gasteiger partial charge on any atom is 0.410 e. The third-order valence-corrected chi connectivity index (χ3v) is 10.8. The monoisotopic (exact) mass is 727 g/mol. The van der Waals surface area contributed by atoms with Gasteiger partial charge in [0.2, 0.25) is 0 Å². The molecular formula is C39H43F2N7O5. The number of methoxy groups -OCH3 is 1. The van der Waals surface area contributed by atoms with E-state index in [0.717, 1.165) is 32.2 Å². The first-order valence-corrected chi connectivity index (χ1v) is 18.1. The van der Waals surface area contributed by atoms with Crippen LogP contribution >= 0.6 is 0 Å². The molecule has 6 heterocycles. The Bertz CT molecular complexity index is 2110. The van der Waals surface area contributed by atoms with Gasteiger partial charge in [-0.3, -0.25) is 9.80 Å². The Hall–Kier alpha value is -4.87. The van der Waals surface area contributed by atoms with Crippen molar-refractivity contribution in [1.82, 2.24) is 30.0 Å². The van der Waals surface area contributed by atoms with Crippen molar-refractivity contribution in [3.05, 3.63) is 41.7 Å². The molecule has 2 unspecified atom stereocenters. The molecule has 4 aliphatic heterocycles. The van der Waals surface area contributed by atoms with Gasteiger partial charge in [0.25, 0.3) is 0 Å². The van der Waals surface area contributed by atoms with Gasteiger partial charge in [0.05, 0.1) is 28.9 Å². The Kier molecular flexibility index (Phi) is 8.97. The number of rotatable bonds is 8. The molecule has 0 radical (unpaired) electrons.